The Morgan fingerprint density at radius 1 is 1.22 bits per heavy atom. The van der Waals surface area contributed by atoms with Crippen LogP contribution in [0.5, 0.6) is 0 Å². The van der Waals surface area contributed by atoms with Crippen molar-refractivity contribution in [2.24, 2.45) is 0 Å². The Bertz CT molecular complexity index is 805. The van der Waals surface area contributed by atoms with Crippen molar-refractivity contribution in [1.82, 2.24) is 20.2 Å². The SMILES string of the molecule is CC(=O)c1c(C)[nH]c(C(=O)N(Cc2ccccn2)C2CCCNCC2)c1C. The fourth-order valence-electron chi connectivity index (χ4n) is 3.98. The third-order valence-electron chi connectivity index (χ3n) is 5.31. The number of hydrogen-bond donors (Lipinski definition) is 2. The maximum Gasteiger partial charge on any atom is 0.271 e. The number of aromatic amines is 1. The monoisotopic (exact) mass is 368 g/mol. The molecule has 0 bridgehead atoms. The summed E-state index contributed by atoms with van der Waals surface area (Å²) in [4.78, 5) is 35.0. The van der Waals surface area contributed by atoms with Gasteiger partial charge in [0.2, 0.25) is 0 Å². The maximum absolute atomic E-state index is 13.5. The molecule has 1 fully saturated rings. The van der Waals surface area contributed by atoms with Crippen LogP contribution in [0.1, 0.15) is 64.0 Å². The second kappa shape index (κ2) is 8.48. The van der Waals surface area contributed by atoms with Gasteiger partial charge in [0, 0.05) is 23.5 Å². The number of hydrogen-bond acceptors (Lipinski definition) is 4. The number of Topliss-reactive ketones (excluding diaryl/α,β-unsaturated/α-hetero) is 1. The molecule has 2 aromatic heterocycles. The summed E-state index contributed by atoms with van der Waals surface area (Å²) in [7, 11) is 0. The van der Waals surface area contributed by atoms with Crippen molar-refractivity contribution in [3.8, 4) is 0 Å². The third-order valence-corrected chi connectivity index (χ3v) is 5.31. The first-order chi connectivity index (χ1) is 13.0. The summed E-state index contributed by atoms with van der Waals surface area (Å²) in [6, 6.07) is 5.92. The van der Waals surface area contributed by atoms with E-state index < -0.39 is 0 Å². The largest absolute Gasteiger partial charge is 0.354 e. The van der Waals surface area contributed by atoms with Crippen molar-refractivity contribution < 1.29 is 9.59 Å². The molecule has 6 heteroatoms. The number of aryl methyl sites for hydroxylation is 1. The van der Waals surface area contributed by atoms with E-state index in [-0.39, 0.29) is 17.7 Å². The van der Waals surface area contributed by atoms with Crippen molar-refractivity contribution in [2.75, 3.05) is 13.1 Å². The van der Waals surface area contributed by atoms with Gasteiger partial charge in [0.25, 0.3) is 5.91 Å². The van der Waals surface area contributed by atoms with Gasteiger partial charge in [0.05, 0.1) is 12.2 Å². The highest BCUT2D eigenvalue weighted by atomic mass is 16.2. The van der Waals surface area contributed by atoms with E-state index in [4.69, 9.17) is 0 Å². The fraction of sp³-hybridized carbons (Fsp3) is 0.476. The summed E-state index contributed by atoms with van der Waals surface area (Å²) in [5.74, 6) is -0.0732. The molecule has 2 N–H and O–H groups in total. The molecule has 2 aromatic rings. The average molecular weight is 368 g/mol. The molecular weight excluding hydrogens is 340 g/mol. The van der Waals surface area contributed by atoms with Crippen LogP contribution in [-0.4, -0.2) is 45.7 Å². The quantitative estimate of drug-likeness (QED) is 0.795. The first-order valence-electron chi connectivity index (χ1n) is 9.60. The van der Waals surface area contributed by atoms with Crippen LogP contribution in [0.25, 0.3) is 0 Å². The molecule has 27 heavy (non-hydrogen) atoms. The molecule has 0 aromatic carbocycles. The number of pyridine rings is 1. The van der Waals surface area contributed by atoms with Crippen LogP contribution in [-0.2, 0) is 6.54 Å². The zero-order valence-corrected chi connectivity index (χ0v) is 16.3. The number of aromatic nitrogens is 2. The number of carbonyl (C=O) groups is 2. The molecule has 144 valence electrons. The van der Waals surface area contributed by atoms with E-state index in [2.05, 4.69) is 15.3 Å². The van der Waals surface area contributed by atoms with Gasteiger partial charge in [-0.25, -0.2) is 0 Å². The maximum atomic E-state index is 13.5. The lowest BCUT2D eigenvalue weighted by Gasteiger charge is -2.31. The van der Waals surface area contributed by atoms with Crippen LogP contribution in [0.15, 0.2) is 24.4 Å². The predicted molar refractivity (Wildman–Crippen MR) is 105 cm³/mol. The van der Waals surface area contributed by atoms with E-state index in [1.165, 1.54) is 0 Å². The lowest BCUT2D eigenvalue weighted by molar-refractivity contribution is 0.0636. The summed E-state index contributed by atoms with van der Waals surface area (Å²) in [6.45, 7) is 7.59. The minimum Gasteiger partial charge on any atom is -0.354 e. The Morgan fingerprint density at radius 3 is 2.70 bits per heavy atom. The molecule has 0 spiro atoms. The Balaban J connectivity index is 1.95. The summed E-state index contributed by atoms with van der Waals surface area (Å²) < 4.78 is 0. The Morgan fingerprint density at radius 2 is 2.04 bits per heavy atom. The van der Waals surface area contributed by atoms with Gasteiger partial charge in [0.1, 0.15) is 5.69 Å². The van der Waals surface area contributed by atoms with Crippen molar-refractivity contribution in [3.63, 3.8) is 0 Å². The molecule has 1 aliphatic heterocycles. The van der Waals surface area contributed by atoms with Crippen molar-refractivity contribution in [3.05, 3.63) is 52.6 Å². The lowest BCUT2D eigenvalue weighted by atomic mass is 10.0. The molecule has 0 radical (unpaired) electrons. The number of H-pyrrole nitrogens is 1. The van der Waals surface area contributed by atoms with Crippen LogP contribution in [0, 0.1) is 13.8 Å². The summed E-state index contributed by atoms with van der Waals surface area (Å²) >= 11 is 0. The van der Waals surface area contributed by atoms with Crippen LogP contribution >= 0.6 is 0 Å². The van der Waals surface area contributed by atoms with Gasteiger partial charge in [-0.15, -0.1) is 0 Å². The number of nitrogens with one attached hydrogen (secondary N) is 2. The number of amides is 1. The molecule has 6 nitrogen and oxygen atoms in total. The topological polar surface area (TPSA) is 78.1 Å². The second-order valence-electron chi connectivity index (χ2n) is 7.27. The minimum atomic E-state index is -0.0550. The molecular formula is C21H28N4O2. The highest BCUT2D eigenvalue weighted by molar-refractivity contribution is 6.02. The van der Waals surface area contributed by atoms with Gasteiger partial charge in [-0.3, -0.25) is 14.6 Å². The molecule has 1 amide bonds. The Hall–Kier alpha value is -2.47. The molecule has 1 unspecified atom stereocenters. The molecule has 0 aliphatic carbocycles. The first kappa shape index (κ1) is 19.3. The lowest BCUT2D eigenvalue weighted by Crippen LogP contribution is -2.41. The normalized spacial score (nSPS) is 17.4. The molecule has 3 rings (SSSR count). The van der Waals surface area contributed by atoms with Gasteiger partial charge in [0.15, 0.2) is 5.78 Å². The van der Waals surface area contributed by atoms with E-state index >= 15 is 0 Å². The van der Waals surface area contributed by atoms with Crippen molar-refractivity contribution >= 4 is 11.7 Å². The first-order valence-corrected chi connectivity index (χ1v) is 9.60. The summed E-state index contributed by atoms with van der Waals surface area (Å²) in [6.07, 6.45) is 4.67. The third kappa shape index (κ3) is 4.27. The summed E-state index contributed by atoms with van der Waals surface area (Å²) in [5, 5.41) is 3.41. The summed E-state index contributed by atoms with van der Waals surface area (Å²) in [5.41, 5.74) is 3.51. The highest BCUT2D eigenvalue weighted by Crippen LogP contribution is 2.24. The number of ketones is 1. The second-order valence-corrected chi connectivity index (χ2v) is 7.27. The Kier molecular flexibility index (Phi) is 6.06. The minimum absolute atomic E-state index is 0.0183. The number of nitrogens with zero attached hydrogens (tertiary/aromatic N) is 2. The zero-order chi connectivity index (χ0) is 19.4. The van der Waals surface area contributed by atoms with Gasteiger partial charge in [-0.1, -0.05) is 6.07 Å². The fourth-order valence-corrected chi connectivity index (χ4v) is 3.98. The molecule has 0 saturated carbocycles. The van der Waals surface area contributed by atoms with Crippen LogP contribution in [0.4, 0.5) is 0 Å². The van der Waals surface area contributed by atoms with Crippen LogP contribution in [0.2, 0.25) is 0 Å². The van der Waals surface area contributed by atoms with E-state index in [0.717, 1.165) is 49.3 Å². The predicted octanol–water partition coefficient (Wildman–Crippen LogP) is 3.01. The molecule has 1 atom stereocenters. The van der Waals surface area contributed by atoms with Gasteiger partial charge < -0.3 is 15.2 Å². The van der Waals surface area contributed by atoms with Crippen LogP contribution < -0.4 is 5.32 Å². The van der Waals surface area contributed by atoms with Crippen molar-refractivity contribution in [2.45, 2.75) is 52.6 Å². The van der Waals surface area contributed by atoms with Crippen LogP contribution in [0.3, 0.4) is 0 Å². The Labute approximate surface area is 160 Å². The van der Waals surface area contributed by atoms with E-state index in [1.54, 1.807) is 13.1 Å². The molecule has 1 saturated heterocycles. The molecule has 1 aliphatic rings. The number of carbonyl (C=O) groups excluding carboxylic acids is 2. The van der Waals surface area contributed by atoms with Gasteiger partial charge in [-0.05, 0) is 70.8 Å². The highest BCUT2D eigenvalue weighted by Gasteiger charge is 2.29. The number of rotatable bonds is 5. The standard InChI is InChI=1S/C21H28N4O2/c1-14-19(16(3)26)15(2)24-20(14)21(27)25(13-17-7-4-5-11-23-17)18-8-6-10-22-12-9-18/h4-5,7,11,18,22,24H,6,8-10,12-13H2,1-3H3. The zero-order valence-electron chi connectivity index (χ0n) is 16.3. The van der Waals surface area contributed by atoms with E-state index in [0.29, 0.717) is 17.8 Å². The van der Waals surface area contributed by atoms with E-state index in [1.807, 2.05) is 36.9 Å². The molecule has 3 heterocycles. The average Bonchev–Trinajstić information content (AvgIpc) is 2.82. The van der Waals surface area contributed by atoms with Crippen molar-refractivity contribution in [1.29, 1.82) is 0 Å². The van der Waals surface area contributed by atoms with Gasteiger partial charge >= 0.3 is 0 Å². The van der Waals surface area contributed by atoms with E-state index in [9.17, 15) is 9.59 Å². The van der Waals surface area contributed by atoms with Gasteiger partial charge in [-0.2, -0.15) is 0 Å². The smallest absolute Gasteiger partial charge is 0.271 e.